The van der Waals surface area contributed by atoms with E-state index in [0.717, 1.165) is 0 Å². The maximum absolute atomic E-state index is 12.7. The first-order chi connectivity index (χ1) is 8.48. The summed E-state index contributed by atoms with van der Waals surface area (Å²) in [7, 11) is 0.0378. The molecule has 1 aromatic heterocycles. The number of pyridine rings is 1. The minimum atomic E-state index is -5.26. The van der Waals surface area contributed by atoms with Gasteiger partial charge in [-0.3, -0.25) is 0 Å². The van der Waals surface area contributed by atoms with Crippen molar-refractivity contribution in [2.24, 2.45) is 5.73 Å². The summed E-state index contributed by atoms with van der Waals surface area (Å²) in [6.07, 6.45) is -8.56. The average molecular weight is 325 g/mol. The maximum Gasteiger partial charge on any atom is 0.434 e. The van der Waals surface area contributed by atoms with Crippen LogP contribution in [-0.2, 0) is 21.8 Å². The van der Waals surface area contributed by atoms with Gasteiger partial charge in [-0.05, 0) is 11.6 Å². The Bertz CT molecular complexity index is 588. The van der Waals surface area contributed by atoms with Crippen LogP contribution in [0.25, 0.3) is 0 Å². The molecule has 4 nitrogen and oxygen atoms in total. The van der Waals surface area contributed by atoms with E-state index in [-0.39, 0.29) is 0 Å². The number of alkyl halides is 5. The fraction of sp³-hybridized carbons (Fsp3) is 0.375. The fourth-order valence-corrected chi connectivity index (χ4v) is 2.70. The minimum Gasteiger partial charge on any atom is -0.326 e. The van der Waals surface area contributed by atoms with Crippen LogP contribution in [0.4, 0.5) is 22.0 Å². The average Bonchev–Trinajstić information content (AvgIpc) is 2.24. The summed E-state index contributed by atoms with van der Waals surface area (Å²) < 4.78 is 85.1. The summed E-state index contributed by atoms with van der Waals surface area (Å²) in [6.45, 7) is -0.716. The van der Waals surface area contributed by atoms with Crippen molar-refractivity contribution in [2.75, 3.05) is 0 Å². The molecule has 11 heteroatoms. The lowest BCUT2D eigenvalue weighted by atomic mass is 10.2. The van der Waals surface area contributed by atoms with Crippen LogP contribution in [0.5, 0.6) is 0 Å². The molecule has 0 aliphatic carbocycles. The Morgan fingerprint density at radius 3 is 2.21 bits per heavy atom. The van der Waals surface area contributed by atoms with E-state index in [1.54, 1.807) is 0 Å². The van der Waals surface area contributed by atoms with Crippen LogP contribution in [-0.4, -0.2) is 13.4 Å². The van der Waals surface area contributed by atoms with Gasteiger partial charge in [-0.15, -0.1) is 0 Å². The quantitative estimate of drug-likeness (QED) is 0.684. The van der Waals surface area contributed by atoms with Crippen LogP contribution in [0.3, 0.4) is 0 Å². The van der Waals surface area contributed by atoms with Crippen LogP contribution in [0.1, 0.15) is 23.4 Å². The highest BCUT2D eigenvalue weighted by molar-refractivity contribution is 8.13. The summed E-state index contributed by atoms with van der Waals surface area (Å²) in [4.78, 5) is 1.23. The Labute approximate surface area is 108 Å². The molecular weight excluding hydrogens is 319 g/mol. The number of nitrogens with zero attached hydrogens (tertiary/aromatic N) is 1. The monoisotopic (exact) mass is 324 g/mol. The largest absolute Gasteiger partial charge is 0.434 e. The van der Waals surface area contributed by atoms with Crippen molar-refractivity contribution in [3.63, 3.8) is 0 Å². The first kappa shape index (κ1) is 16.1. The third-order valence-corrected chi connectivity index (χ3v) is 3.43. The molecule has 0 spiro atoms. The molecule has 0 unspecified atom stereocenters. The zero-order valence-corrected chi connectivity index (χ0v) is 10.5. The summed E-state index contributed by atoms with van der Waals surface area (Å²) in [5.41, 5.74) is 1.17. The Morgan fingerprint density at radius 1 is 1.37 bits per heavy atom. The molecule has 0 aromatic carbocycles. The Morgan fingerprint density at radius 2 is 1.89 bits per heavy atom. The highest BCUT2D eigenvalue weighted by Gasteiger charge is 2.41. The number of aromatic nitrogens is 1. The zero-order chi connectivity index (χ0) is 15.0. The van der Waals surface area contributed by atoms with Gasteiger partial charge in [-0.2, -0.15) is 13.2 Å². The molecule has 0 fully saturated rings. The predicted molar refractivity (Wildman–Crippen MR) is 55.1 cm³/mol. The third-order valence-electron chi connectivity index (χ3n) is 2.03. The van der Waals surface area contributed by atoms with Crippen molar-refractivity contribution in [1.82, 2.24) is 4.98 Å². The summed E-state index contributed by atoms with van der Waals surface area (Å²) >= 11 is 0. The molecule has 1 heterocycles. The van der Waals surface area contributed by atoms with E-state index in [0.29, 0.717) is 6.07 Å². The van der Waals surface area contributed by atoms with Gasteiger partial charge in [-0.1, -0.05) is 0 Å². The maximum atomic E-state index is 12.7. The third kappa shape index (κ3) is 3.51. The topological polar surface area (TPSA) is 73.0 Å². The second kappa shape index (κ2) is 5.17. The smallest absolute Gasteiger partial charge is 0.326 e. The van der Waals surface area contributed by atoms with Gasteiger partial charge >= 0.3 is 6.18 Å². The highest BCUT2D eigenvalue weighted by atomic mass is 35.7. The summed E-state index contributed by atoms with van der Waals surface area (Å²) in [5.74, 6) is 0. The van der Waals surface area contributed by atoms with E-state index < -0.39 is 50.0 Å². The fourth-order valence-electron chi connectivity index (χ4n) is 1.34. The molecule has 108 valence electrons. The predicted octanol–water partition coefficient (Wildman–Crippen LogP) is 2.42. The van der Waals surface area contributed by atoms with Crippen LogP contribution < -0.4 is 5.73 Å². The highest BCUT2D eigenvalue weighted by Crippen LogP contribution is 2.37. The van der Waals surface area contributed by atoms with Crippen molar-refractivity contribution < 1.29 is 30.4 Å². The zero-order valence-electron chi connectivity index (χ0n) is 8.88. The molecule has 0 atom stereocenters. The Kier molecular flexibility index (Phi) is 4.37. The molecular formula is C8H6ClF5N2O2S. The van der Waals surface area contributed by atoms with Crippen molar-refractivity contribution in [3.05, 3.63) is 23.0 Å². The molecule has 1 aromatic rings. The lowest BCUT2D eigenvalue weighted by Crippen LogP contribution is -2.18. The molecule has 0 saturated carbocycles. The van der Waals surface area contributed by atoms with Crippen LogP contribution in [0, 0.1) is 0 Å². The Balaban J connectivity index is 3.79. The van der Waals surface area contributed by atoms with Gasteiger partial charge in [0.2, 0.25) is 0 Å². The molecule has 1 rings (SSSR count). The van der Waals surface area contributed by atoms with Crippen LogP contribution in [0.15, 0.2) is 11.0 Å². The van der Waals surface area contributed by atoms with E-state index in [1.165, 1.54) is 0 Å². The molecule has 19 heavy (non-hydrogen) atoms. The van der Waals surface area contributed by atoms with E-state index in [1.807, 2.05) is 0 Å². The van der Waals surface area contributed by atoms with Gasteiger partial charge in [0.1, 0.15) is 10.6 Å². The van der Waals surface area contributed by atoms with E-state index >= 15 is 0 Å². The van der Waals surface area contributed by atoms with E-state index in [9.17, 15) is 30.4 Å². The van der Waals surface area contributed by atoms with Crippen molar-refractivity contribution >= 4 is 19.7 Å². The molecule has 0 saturated heterocycles. The molecule has 0 bridgehead atoms. The lowest BCUT2D eigenvalue weighted by molar-refractivity contribution is -0.144. The Hall–Kier alpha value is -1.00. The number of halogens is 6. The number of hydrogen-bond acceptors (Lipinski definition) is 4. The van der Waals surface area contributed by atoms with Gasteiger partial charge in [0.15, 0.2) is 5.69 Å². The molecule has 0 amide bonds. The normalized spacial score (nSPS) is 13.1. The molecule has 0 radical (unpaired) electrons. The first-order valence-corrected chi connectivity index (χ1v) is 6.83. The van der Waals surface area contributed by atoms with Crippen molar-refractivity contribution in [3.8, 4) is 0 Å². The summed E-state index contributed by atoms with van der Waals surface area (Å²) in [6, 6.07) is 0.481. The molecule has 0 aliphatic rings. The molecule has 0 aliphatic heterocycles. The van der Waals surface area contributed by atoms with Crippen molar-refractivity contribution in [2.45, 2.75) is 24.0 Å². The van der Waals surface area contributed by atoms with Crippen LogP contribution >= 0.6 is 10.7 Å². The van der Waals surface area contributed by atoms with Gasteiger partial charge in [0.05, 0.1) is 0 Å². The van der Waals surface area contributed by atoms with Crippen LogP contribution in [0.2, 0.25) is 0 Å². The first-order valence-electron chi connectivity index (χ1n) is 4.52. The second-order valence-corrected chi connectivity index (χ2v) is 5.83. The molecule has 2 N–H and O–H groups in total. The summed E-state index contributed by atoms with van der Waals surface area (Å²) in [5, 5.41) is 0. The second-order valence-electron chi connectivity index (χ2n) is 3.32. The van der Waals surface area contributed by atoms with E-state index in [4.69, 9.17) is 16.4 Å². The van der Waals surface area contributed by atoms with Gasteiger partial charge in [0.25, 0.3) is 15.5 Å². The SMILES string of the molecule is NCc1cc(C(F)F)nc(C(F)(F)F)c1S(=O)(=O)Cl. The minimum absolute atomic E-state index is 0.481. The van der Waals surface area contributed by atoms with Gasteiger partial charge < -0.3 is 5.73 Å². The van der Waals surface area contributed by atoms with Gasteiger partial charge in [0, 0.05) is 17.2 Å². The standard InChI is InChI=1S/C8H6ClF5N2O2S/c9-19(17,18)5-3(2-15)1-4(7(10)11)16-6(5)8(12,13)14/h1,7H,2,15H2. The number of nitrogens with two attached hydrogens (primary N) is 1. The van der Waals surface area contributed by atoms with Gasteiger partial charge in [-0.25, -0.2) is 22.2 Å². The lowest BCUT2D eigenvalue weighted by Gasteiger charge is -2.14. The number of rotatable bonds is 3. The van der Waals surface area contributed by atoms with E-state index in [2.05, 4.69) is 4.98 Å². The number of hydrogen-bond donors (Lipinski definition) is 1. The van der Waals surface area contributed by atoms with Crippen molar-refractivity contribution in [1.29, 1.82) is 0 Å².